The number of benzene rings is 2. The molecule has 28 heavy (non-hydrogen) atoms. The molecule has 142 valence electrons. The Bertz CT molecular complexity index is 1020. The first-order chi connectivity index (χ1) is 13.4. The molecule has 1 saturated heterocycles. The molecule has 1 aliphatic heterocycles. The number of nitro groups is 1. The van der Waals surface area contributed by atoms with Crippen molar-refractivity contribution in [2.45, 2.75) is 17.9 Å². The summed E-state index contributed by atoms with van der Waals surface area (Å²) < 4.78 is 0. The van der Waals surface area contributed by atoms with Crippen LogP contribution >= 0.6 is 0 Å². The van der Waals surface area contributed by atoms with Gasteiger partial charge >= 0.3 is 0 Å². The molecule has 1 spiro atoms. The van der Waals surface area contributed by atoms with Crippen LogP contribution in [0.2, 0.25) is 0 Å². The van der Waals surface area contributed by atoms with E-state index in [0.29, 0.717) is 6.42 Å². The molecule has 4 rings (SSSR count). The summed E-state index contributed by atoms with van der Waals surface area (Å²) in [5.41, 5.74) is 0.448. The van der Waals surface area contributed by atoms with Gasteiger partial charge in [-0.05, 0) is 24.1 Å². The summed E-state index contributed by atoms with van der Waals surface area (Å²) in [6.45, 7) is 0. The third-order valence-electron chi connectivity index (χ3n) is 5.72. The van der Waals surface area contributed by atoms with Crippen molar-refractivity contribution in [2.75, 3.05) is 14.1 Å². The van der Waals surface area contributed by atoms with Crippen LogP contribution in [0, 0.1) is 10.1 Å². The highest BCUT2D eigenvalue weighted by Crippen LogP contribution is 2.58. The highest BCUT2D eigenvalue weighted by Gasteiger charge is 2.68. The van der Waals surface area contributed by atoms with E-state index in [0.717, 1.165) is 5.56 Å². The quantitative estimate of drug-likeness (QED) is 0.468. The van der Waals surface area contributed by atoms with E-state index in [9.17, 15) is 19.7 Å². The largest absolute Gasteiger partial charge is 0.325 e. The zero-order chi connectivity index (χ0) is 20.1. The number of hydrogen-bond donors (Lipinski definition) is 0. The van der Waals surface area contributed by atoms with E-state index in [1.807, 2.05) is 30.3 Å². The van der Waals surface area contributed by atoms with Crippen LogP contribution in [0.3, 0.4) is 0 Å². The molecular formula is C21H19N3O4. The number of rotatable bonds is 3. The first-order valence-electron chi connectivity index (χ1n) is 8.94. The number of carbonyl (C=O) groups is 2. The Morgan fingerprint density at radius 2 is 1.71 bits per heavy atom. The number of likely N-dealkylation sites (N-methyl/N-ethyl adjacent to an activating group) is 2. The molecule has 2 unspecified atom stereocenters. The number of hydrogen-bond acceptors (Lipinski definition) is 4. The van der Waals surface area contributed by atoms with Crippen LogP contribution in [0.15, 0.2) is 60.3 Å². The van der Waals surface area contributed by atoms with Gasteiger partial charge in [-0.15, -0.1) is 0 Å². The molecule has 2 atom stereocenters. The predicted octanol–water partition coefficient (Wildman–Crippen LogP) is 2.79. The van der Waals surface area contributed by atoms with Gasteiger partial charge < -0.3 is 9.80 Å². The second-order valence-electron chi connectivity index (χ2n) is 7.17. The van der Waals surface area contributed by atoms with Crippen molar-refractivity contribution < 1.29 is 14.5 Å². The maximum absolute atomic E-state index is 13.2. The van der Waals surface area contributed by atoms with Gasteiger partial charge in [-0.1, -0.05) is 42.5 Å². The van der Waals surface area contributed by atoms with Crippen molar-refractivity contribution in [1.82, 2.24) is 9.80 Å². The molecule has 1 aliphatic carbocycles. The highest BCUT2D eigenvalue weighted by atomic mass is 16.6. The molecule has 1 saturated carbocycles. The smallest absolute Gasteiger partial charge is 0.276 e. The minimum atomic E-state index is -0.882. The van der Waals surface area contributed by atoms with E-state index in [2.05, 4.69) is 0 Å². The van der Waals surface area contributed by atoms with E-state index >= 15 is 0 Å². The van der Waals surface area contributed by atoms with Gasteiger partial charge in [0.2, 0.25) is 0 Å². The second-order valence-corrected chi connectivity index (χ2v) is 7.17. The SMILES string of the molecule is CN1C(=O)C2(CC2c2ccccc2)N(C)C(=O)/C1=C/c1ccccc1[N+](=O)[O-]. The van der Waals surface area contributed by atoms with Crippen LogP contribution in [0.1, 0.15) is 23.5 Å². The zero-order valence-electron chi connectivity index (χ0n) is 15.5. The molecule has 0 bridgehead atoms. The predicted molar refractivity (Wildman–Crippen MR) is 103 cm³/mol. The first-order valence-corrected chi connectivity index (χ1v) is 8.94. The lowest BCUT2D eigenvalue weighted by atomic mass is 9.99. The van der Waals surface area contributed by atoms with E-state index in [-0.39, 0.29) is 34.7 Å². The van der Waals surface area contributed by atoms with Gasteiger partial charge in [0, 0.05) is 26.1 Å². The van der Waals surface area contributed by atoms with Crippen LogP contribution in [-0.2, 0) is 9.59 Å². The number of carbonyl (C=O) groups excluding carboxylic acids is 2. The maximum Gasteiger partial charge on any atom is 0.276 e. The van der Waals surface area contributed by atoms with Crippen LogP contribution < -0.4 is 0 Å². The van der Waals surface area contributed by atoms with Crippen molar-refractivity contribution in [2.24, 2.45) is 0 Å². The number of amides is 2. The molecular weight excluding hydrogens is 358 g/mol. The van der Waals surface area contributed by atoms with Gasteiger partial charge in [-0.3, -0.25) is 19.7 Å². The molecule has 0 N–H and O–H groups in total. The van der Waals surface area contributed by atoms with E-state index in [1.165, 1.54) is 21.9 Å². The molecule has 2 amide bonds. The number of nitrogens with zero attached hydrogens (tertiary/aromatic N) is 3. The molecule has 2 aliphatic rings. The minimum absolute atomic E-state index is 0.0507. The summed E-state index contributed by atoms with van der Waals surface area (Å²) in [5, 5.41) is 11.3. The van der Waals surface area contributed by atoms with Crippen LogP contribution in [0.4, 0.5) is 5.69 Å². The van der Waals surface area contributed by atoms with Crippen molar-refractivity contribution >= 4 is 23.6 Å². The number of piperazine rings is 1. The van der Waals surface area contributed by atoms with Gasteiger partial charge in [0.25, 0.3) is 17.5 Å². The third-order valence-corrected chi connectivity index (χ3v) is 5.72. The van der Waals surface area contributed by atoms with E-state index in [1.54, 1.807) is 32.3 Å². The van der Waals surface area contributed by atoms with Crippen LogP contribution in [-0.4, -0.2) is 46.2 Å². The number of nitro benzene ring substituents is 1. The molecule has 7 heteroatoms. The summed E-state index contributed by atoms with van der Waals surface area (Å²) >= 11 is 0. The lowest BCUT2D eigenvalue weighted by Gasteiger charge is -2.39. The number of para-hydroxylation sites is 1. The topological polar surface area (TPSA) is 83.8 Å². The molecule has 1 heterocycles. The third kappa shape index (κ3) is 2.51. The Kier molecular flexibility index (Phi) is 4.03. The van der Waals surface area contributed by atoms with Crippen molar-refractivity contribution in [3.05, 3.63) is 81.5 Å². The van der Waals surface area contributed by atoms with Crippen LogP contribution in [0.5, 0.6) is 0 Å². The van der Waals surface area contributed by atoms with Gasteiger partial charge in [-0.25, -0.2) is 0 Å². The Hall–Kier alpha value is -3.48. The average Bonchev–Trinajstić information content (AvgIpc) is 3.46. The fraction of sp³-hybridized carbons (Fsp3) is 0.238. The minimum Gasteiger partial charge on any atom is -0.325 e. The molecule has 0 aromatic heterocycles. The van der Waals surface area contributed by atoms with Crippen molar-refractivity contribution in [3.8, 4) is 0 Å². The van der Waals surface area contributed by atoms with Crippen molar-refractivity contribution in [3.63, 3.8) is 0 Å². The van der Waals surface area contributed by atoms with Gasteiger partial charge in [0.1, 0.15) is 11.2 Å². The van der Waals surface area contributed by atoms with E-state index < -0.39 is 10.5 Å². The average molecular weight is 377 g/mol. The van der Waals surface area contributed by atoms with Crippen LogP contribution in [0.25, 0.3) is 6.08 Å². The van der Waals surface area contributed by atoms with Crippen molar-refractivity contribution in [1.29, 1.82) is 0 Å². The maximum atomic E-state index is 13.2. The summed E-state index contributed by atoms with van der Waals surface area (Å²) in [7, 11) is 3.18. The molecule has 7 nitrogen and oxygen atoms in total. The zero-order valence-corrected chi connectivity index (χ0v) is 15.5. The van der Waals surface area contributed by atoms with Gasteiger partial charge in [0.15, 0.2) is 0 Å². The lowest BCUT2D eigenvalue weighted by Crippen LogP contribution is -2.58. The van der Waals surface area contributed by atoms with E-state index in [4.69, 9.17) is 0 Å². The Morgan fingerprint density at radius 3 is 2.39 bits per heavy atom. The monoisotopic (exact) mass is 377 g/mol. The molecule has 2 aromatic carbocycles. The molecule has 2 aromatic rings. The fourth-order valence-corrected chi connectivity index (χ4v) is 4.06. The second kappa shape index (κ2) is 6.30. The summed E-state index contributed by atoms with van der Waals surface area (Å²) in [6, 6.07) is 15.8. The first kappa shape index (κ1) is 17.9. The molecule has 2 fully saturated rings. The summed E-state index contributed by atoms with van der Waals surface area (Å²) in [4.78, 5) is 39.9. The highest BCUT2D eigenvalue weighted by molar-refractivity contribution is 6.11. The Balaban J connectivity index is 1.72. The summed E-state index contributed by atoms with van der Waals surface area (Å²) in [6.07, 6.45) is 1.99. The normalized spacial score (nSPS) is 25.5. The summed E-state index contributed by atoms with van der Waals surface area (Å²) in [5.74, 6) is -0.544. The van der Waals surface area contributed by atoms with Gasteiger partial charge in [0.05, 0.1) is 10.5 Å². The lowest BCUT2D eigenvalue weighted by molar-refractivity contribution is -0.385. The fourth-order valence-electron chi connectivity index (χ4n) is 4.06. The molecule has 0 radical (unpaired) electrons. The standard InChI is InChI=1S/C21H19N3O4/c1-22-18(12-15-10-6-7-11-17(15)24(27)28)19(25)23(2)21(20(22)26)13-16(21)14-8-4-3-5-9-14/h3-12,16H,13H2,1-2H3/b18-12-. The Morgan fingerprint density at radius 1 is 1.07 bits per heavy atom. The Labute approximate surface area is 162 Å². The van der Waals surface area contributed by atoms with Gasteiger partial charge in [-0.2, -0.15) is 0 Å².